The van der Waals surface area contributed by atoms with Gasteiger partial charge in [0.2, 0.25) is 0 Å². The van der Waals surface area contributed by atoms with Gasteiger partial charge in [0, 0.05) is 79.5 Å². The molecule has 16 aromatic rings. The van der Waals surface area contributed by atoms with E-state index in [0.717, 1.165) is 152 Å². The Labute approximate surface area is 709 Å². The van der Waals surface area contributed by atoms with E-state index in [1.165, 1.54) is 44.1 Å². The molecule has 0 amide bonds. The molecule has 4 heterocycles. The predicted molar refractivity (Wildman–Crippen MR) is 512 cm³/mol. The van der Waals surface area contributed by atoms with Crippen LogP contribution in [0.4, 0.5) is 85.3 Å². The van der Waals surface area contributed by atoms with Crippen molar-refractivity contribution in [2.24, 2.45) is 0 Å². The predicted octanol–water partition coefficient (Wildman–Crippen LogP) is 27.0. The van der Waals surface area contributed by atoms with Crippen LogP contribution in [0, 0.1) is 0 Å². The Hall–Kier alpha value is -13.6. The Kier molecular flexibility index (Phi) is 18.3. The van der Waals surface area contributed by atoms with E-state index >= 15 is 0 Å². The second-order valence-corrected chi connectivity index (χ2v) is 36.9. The zero-order valence-electron chi connectivity index (χ0n) is 70.5. The van der Waals surface area contributed by atoms with E-state index in [-0.39, 0.29) is 35.1 Å². The molecule has 0 spiro atoms. The number of benzene rings is 16. The van der Waals surface area contributed by atoms with Gasteiger partial charge in [0.25, 0.3) is 13.4 Å². The van der Waals surface area contributed by atoms with Gasteiger partial charge in [-0.25, -0.2) is 0 Å². The lowest BCUT2D eigenvalue weighted by Gasteiger charge is -2.47. The third-order valence-corrected chi connectivity index (χ3v) is 25.1. The Morgan fingerprint density at radius 2 is 0.558 bits per heavy atom. The van der Waals surface area contributed by atoms with E-state index in [9.17, 15) is 0 Å². The lowest BCUT2D eigenvalue weighted by atomic mass is 9.30. The molecule has 0 saturated carbocycles. The molecule has 0 bridgehead atoms. The molecule has 0 fully saturated rings. The monoisotopic (exact) mass is 1550 g/mol. The fourth-order valence-electron chi connectivity index (χ4n) is 19.0. The summed E-state index contributed by atoms with van der Waals surface area (Å²) in [5, 5.41) is 0. The molecule has 0 N–H and O–H groups in total. The summed E-state index contributed by atoms with van der Waals surface area (Å²) in [6.07, 6.45) is 0. The van der Waals surface area contributed by atoms with Gasteiger partial charge in [0.15, 0.2) is 0 Å². The molecule has 0 atom stereocenters. The molecule has 20 rings (SSSR count). The summed E-state index contributed by atoms with van der Waals surface area (Å²) in [6, 6.07) is 140. The van der Waals surface area contributed by atoms with E-state index in [0.29, 0.717) is 0 Å². The van der Waals surface area contributed by atoms with E-state index in [4.69, 9.17) is 4.74 Å². The number of hydrogen-bond donors (Lipinski definition) is 0. The van der Waals surface area contributed by atoms with Crippen LogP contribution in [0.3, 0.4) is 0 Å². The maximum absolute atomic E-state index is 7.56. The van der Waals surface area contributed by atoms with Gasteiger partial charge in [0.1, 0.15) is 11.5 Å². The van der Waals surface area contributed by atoms with Gasteiger partial charge in [-0.15, -0.1) is 0 Å². The van der Waals surface area contributed by atoms with Crippen molar-refractivity contribution in [2.45, 2.75) is 105 Å². The molecular formula is C112H97B2N5O. The molecule has 8 heteroatoms. The zero-order valence-corrected chi connectivity index (χ0v) is 70.5. The molecule has 120 heavy (non-hydrogen) atoms. The number of nitrogens with zero attached hydrogens (tertiary/aromatic N) is 5. The smallest absolute Gasteiger partial charge is 0.256 e. The van der Waals surface area contributed by atoms with E-state index < -0.39 is 0 Å². The number of fused-ring (bicyclic) bond motifs is 8. The van der Waals surface area contributed by atoms with Crippen molar-refractivity contribution in [3.63, 3.8) is 0 Å². The van der Waals surface area contributed by atoms with Crippen molar-refractivity contribution in [2.75, 3.05) is 24.5 Å². The normalized spacial score (nSPS) is 13.2. The highest BCUT2D eigenvalue weighted by Crippen LogP contribution is 2.55. The van der Waals surface area contributed by atoms with Gasteiger partial charge in [-0.2, -0.15) is 0 Å². The first-order chi connectivity index (χ1) is 58.1. The molecule has 0 radical (unpaired) electrons. The van der Waals surface area contributed by atoms with Crippen LogP contribution < -0.4 is 62.0 Å². The van der Waals surface area contributed by atoms with Crippen molar-refractivity contribution in [1.29, 1.82) is 0 Å². The molecule has 582 valence electrons. The van der Waals surface area contributed by atoms with Gasteiger partial charge in [0.05, 0.1) is 34.1 Å². The van der Waals surface area contributed by atoms with Crippen molar-refractivity contribution < 1.29 is 4.74 Å². The number of anilines is 15. The molecule has 4 aliphatic rings. The molecular weight excluding hydrogens is 1450 g/mol. The number of ether oxygens (including phenoxy) is 1. The zero-order chi connectivity index (χ0) is 82.1. The fraction of sp³-hybridized carbons (Fsp3) is 0.143. The fourth-order valence-corrected chi connectivity index (χ4v) is 19.0. The quantitative estimate of drug-likeness (QED) is 0.107. The molecule has 6 nitrogen and oxygen atoms in total. The Morgan fingerprint density at radius 3 is 1.01 bits per heavy atom. The van der Waals surface area contributed by atoms with E-state index in [2.05, 4.69) is 478 Å². The van der Waals surface area contributed by atoms with Crippen LogP contribution in [-0.4, -0.2) is 13.4 Å². The van der Waals surface area contributed by atoms with E-state index in [1.54, 1.807) is 0 Å². The highest BCUT2D eigenvalue weighted by atomic mass is 16.5. The van der Waals surface area contributed by atoms with Gasteiger partial charge >= 0.3 is 0 Å². The average molecular weight is 1550 g/mol. The second-order valence-electron chi connectivity index (χ2n) is 36.9. The van der Waals surface area contributed by atoms with Crippen LogP contribution in [-0.2, 0) is 21.7 Å². The summed E-state index contributed by atoms with van der Waals surface area (Å²) in [6.45, 7) is 27.0. The van der Waals surface area contributed by atoms with E-state index in [1.807, 2.05) is 0 Å². The van der Waals surface area contributed by atoms with Crippen LogP contribution in [0.15, 0.2) is 370 Å². The Morgan fingerprint density at radius 1 is 0.225 bits per heavy atom. The van der Waals surface area contributed by atoms with Crippen LogP contribution in [0.2, 0.25) is 0 Å². The maximum atomic E-state index is 7.56. The minimum Gasteiger partial charge on any atom is -0.458 e. The summed E-state index contributed by atoms with van der Waals surface area (Å²) in [7, 11) is 0. The Bertz CT molecular complexity index is 6620. The van der Waals surface area contributed by atoms with Gasteiger partial charge in [-0.3, -0.25) is 0 Å². The third kappa shape index (κ3) is 13.1. The van der Waals surface area contributed by atoms with Crippen LogP contribution >= 0.6 is 0 Å². The summed E-state index contributed by atoms with van der Waals surface area (Å²) >= 11 is 0. The topological polar surface area (TPSA) is 25.4 Å². The third-order valence-electron chi connectivity index (χ3n) is 25.1. The molecule has 0 aromatic heterocycles. The van der Waals surface area contributed by atoms with Crippen LogP contribution in [0.5, 0.6) is 11.5 Å². The largest absolute Gasteiger partial charge is 0.458 e. The standard InChI is InChI=1S/C112H97B2N5O/c1-109(2,3)78-60-52-74(53-61-78)87-40-22-28-46-95(87)115(82-34-16-13-17-35-82)85-68-102-107-103(69-85)119(98-49-31-25-43-90(98)77-58-66-81(67-59-77)112(10,11)12)101-73-100-93(72-94(101)113(107)91-44-26-32-50-99(91)118(102)97-48-30-24-42-89(97)76-56-64-80(65-57-76)111(7,8)9)114-92-45-27-33-51-105(92)120-106-71-86(70-104(108(106)114)117(100)84-38-20-15-21-39-84)116(83-36-18-14-19-37-83)96-47-29-23-41-88(96)75-54-62-79(63-55-75)110(4,5)6/h13-73H,1-12H3. The first-order valence-electron chi connectivity index (χ1n) is 42.4. The van der Waals surface area contributed by atoms with Gasteiger partial charge in [-0.05, 0) is 196 Å². The molecule has 0 aliphatic carbocycles. The molecule has 16 aromatic carbocycles. The van der Waals surface area contributed by atoms with Crippen molar-refractivity contribution >= 4 is 132 Å². The first-order valence-corrected chi connectivity index (χ1v) is 42.4. The van der Waals surface area contributed by atoms with Crippen molar-refractivity contribution in [3.05, 3.63) is 392 Å². The van der Waals surface area contributed by atoms with Crippen molar-refractivity contribution in [1.82, 2.24) is 0 Å². The first kappa shape index (κ1) is 75.2. The summed E-state index contributed by atoms with van der Waals surface area (Å²) in [4.78, 5) is 12.8. The minimum atomic E-state index is -0.295. The highest BCUT2D eigenvalue weighted by Gasteiger charge is 2.49. The van der Waals surface area contributed by atoms with Gasteiger partial charge in [-0.1, -0.05) is 350 Å². The van der Waals surface area contributed by atoms with Crippen molar-refractivity contribution in [3.8, 4) is 56.0 Å². The highest BCUT2D eigenvalue weighted by molar-refractivity contribution is 7.02. The molecule has 4 aliphatic heterocycles. The average Bonchev–Trinajstić information content (AvgIpc) is 0.680. The number of rotatable bonds is 13. The lowest BCUT2D eigenvalue weighted by molar-refractivity contribution is 0.487. The Balaban J connectivity index is 0.898. The second kappa shape index (κ2) is 29.2. The minimum absolute atomic E-state index is 0.00754. The summed E-state index contributed by atoms with van der Waals surface area (Å²) in [5.41, 5.74) is 37.0. The lowest BCUT2D eigenvalue weighted by Crippen LogP contribution is -2.64. The SMILES string of the molecule is CC(C)(C)c1ccc(-c2ccccc2N(c2ccccc2)c2cc3c4c(c2)N(c2ccccc2)c2cc5c(cc2B4c2ccccc2O3)B2c3ccccc3N(c3ccccc3-c3ccc(C(C)(C)C)cc3)c3cc(N(c4ccccc4)c4ccccc4-c4ccc(C(C)(C)C)cc4)cc(c32)N5c2ccccc2-c2ccc(C(C)(C)C)cc2)cc1. The van der Waals surface area contributed by atoms with Crippen LogP contribution in [0.25, 0.3) is 44.5 Å². The van der Waals surface area contributed by atoms with Gasteiger partial charge < -0.3 is 29.2 Å². The number of hydrogen-bond acceptors (Lipinski definition) is 6. The molecule has 0 unspecified atom stereocenters. The number of para-hydroxylation sites is 9. The summed E-state index contributed by atoms with van der Waals surface area (Å²) < 4.78 is 7.56. The van der Waals surface area contributed by atoms with Crippen LogP contribution in [0.1, 0.15) is 105 Å². The maximum Gasteiger partial charge on any atom is 0.256 e. The molecule has 0 saturated heterocycles. The summed E-state index contributed by atoms with van der Waals surface area (Å²) in [5.74, 6) is 1.65.